The largest absolute Gasteiger partial charge is 0.0807 e. The molecular formula is C48H34. The van der Waals surface area contributed by atoms with E-state index in [1.165, 1.54) is 111 Å². The van der Waals surface area contributed by atoms with Crippen molar-refractivity contribution >= 4 is 32.7 Å². The minimum Gasteiger partial charge on any atom is -0.0807 e. The zero-order valence-electron chi connectivity index (χ0n) is 27.5. The first-order valence-electron chi connectivity index (χ1n) is 17.4. The van der Waals surface area contributed by atoms with Gasteiger partial charge in [0.05, 0.1) is 0 Å². The first-order valence-corrected chi connectivity index (χ1v) is 17.4. The van der Waals surface area contributed by atoms with Gasteiger partial charge >= 0.3 is 0 Å². The highest BCUT2D eigenvalue weighted by molar-refractivity contribution is 6.20. The summed E-state index contributed by atoms with van der Waals surface area (Å²) in [6.07, 6.45) is 5.86. The predicted molar refractivity (Wildman–Crippen MR) is 204 cm³/mol. The van der Waals surface area contributed by atoms with Gasteiger partial charge in [-0.2, -0.15) is 0 Å². The smallest absolute Gasteiger partial charge is 0.0159 e. The lowest BCUT2D eigenvalue weighted by molar-refractivity contribution is 0.661. The van der Waals surface area contributed by atoms with E-state index in [9.17, 15) is 0 Å². The highest BCUT2D eigenvalue weighted by Gasteiger charge is 2.36. The quantitative estimate of drug-likeness (QED) is 0.183. The maximum atomic E-state index is 2.49. The second kappa shape index (κ2) is 9.12. The predicted octanol–water partition coefficient (Wildman–Crippen LogP) is 13.1. The molecule has 48 heavy (non-hydrogen) atoms. The molecule has 0 saturated heterocycles. The standard InChI is InChI=1S/C48H34/c1-27-14-17-34-40-13-7-11-38-31(21-23-42(47(38)40)43(34)24-27)29-16-19-36-35-18-15-28(25-44(35)48(2,3)45(36)26-29)30-20-22-41-33-9-5-4-8-32(33)39-12-6-10-37(30)46(39)41/h4-23,25-27H,24H2,1-3H3. The zero-order chi connectivity index (χ0) is 31.9. The van der Waals surface area contributed by atoms with Crippen molar-refractivity contribution < 1.29 is 0 Å². The molecule has 0 bridgehead atoms. The van der Waals surface area contributed by atoms with Crippen LogP contribution in [0.25, 0.3) is 88.3 Å². The molecule has 4 aliphatic rings. The molecule has 1 unspecified atom stereocenters. The van der Waals surface area contributed by atoms with E-state index in [-0.39, 0.29) is 5.41 Å². The summed E-state index contributed by atoms with van der Waals surface area (Å²) in [5, 5.41) is 5.52. The van der Waals surface area contributed by atoms with Crippen LogP contribution in [0.1, 0.15) is 49.4 Å². The Hall–Kier alpha value is -5.46. The van der Waals surface area contributed by atoms with Gasteiger partial charge in [0.2, 0.25) is 0 Å². The maximum Gasteiger partial charge on any atom is 0.0159 e. The lowest BCUT2D eigenvalue weighted by Crippen LogP contribution is -2.15. The van der Waals surface area contributed by atoms with E-state index in [0.29, 0.717) is 5.92 Å². The molecule has 4 aliphatic carbocycles. The minimum absolute atomic E-state index is 0.113. The van der Waals surface area contributed by atoms with Crippen molar-refractivity contribution in [2.75, 3.05) is 0 Å². The Balaban J connectivity index is 1.03. The van der Waals surface area contributed by atoms with Gasteiger partial charge in [0.15, 0.2) is 0 Å². The Labute approximate surface area is 281 Å². The zero-order valence-corrected chi connectivity index (χ0v) is 27.5. The summed E-state index contributed by atoms with van der Waals surface area (Å²) in [5.41, 5.74) is 21.9. The van der Waals surface area contributed by atoms with Crippen LogP contribution in [0.15, 0.2) is 133 Å². The molecule has 0 N–H and O–H groups in total. The molecule has 0 heteroatoms. The Morgan fingerprint density at radius 1 is 0.479 bits per heavy atom. The molecule has 0 radical (unpaired) electrons. The van der Waals surface area contributed by atoms with E-state index in [1.54, 1.807) is 0 Å². The van der Waals surface area contributed by atoms with Crippen molar-refractivity contribution in [2.24, 2.45) is 5.92 Å². The molecule has 0 fully saturated rings. The van der Waals surface area contributed by atoms with Crippen LogP contribution in [-0.4, -0.2) is 0 Å². The van der Waals surface area contributed by atoms with E-state index < -0.39 is 0 Å². The number of fused-ring (bicyclic) bond motifs is 8. The Kier molecular flexibility index (Phi) is 5.05. The Morgan fingerprint density at radius 3 is 1.62 bits per heavy atom. The van der Waals surface area contributed by atoms with Crippen LogP contribution in [0.3, 0.4) is 0 Å². The van der Waals surface area contributed by atoms with Crippen molar-refractivity contribution in [3.8, 4) is 55.6 Å². The first-order chi connectivity index (χ1) is 23.5. The Morgan fingerprint density at radius 2 is 0.979 bits per heavy atom. The van der Waals surface area contributed by atoms with E-state index in [0.717, 1.165) is 6.42 Å². The molecule has 7 aromatic carbocycles. The number of hydrogen-bond acceptors (Lipinski definition) is 0. The minimum atomic E-state index is -0.113. The number of benzene rings is 7. The van der Waals surface area contributed by atoms with E-state index in [1.807, 2.05) is 0 Å². The molecule has 0 heterocycles. The normalized spacial score (nSPS) is 17.2. The van der Waals surface area contributed by atoms with Gasteiger partial charge in [-0.25, -0.2) is 0 Å². The van der Waals surface area contributed by atoms with Crippen LogP contribution >= 0.6 is 0 Å². The van der Waals surface area contributed by atoms with Crippen LogP contribution in [0.5, 0.6) is 0 Å². The van der Waals surface area contributed by atoms with Gasteiger partial charge in [-0.3, -0.25) is 0 Å². The third kappa shape index (κ3) is 3.30. The van der Waals surface area contributed by atoms with Gasteiger partial charge in [-0.05, 0) is 135 Å². The molecule has 0 aromatic heterocycles. The number of rotatable bonds is 2. The van der Waals surface area contributed by atoms with Gasteiger partial charge < -0.3 is 0 Å². The second-order valence-corrected chi connectivity index (χ2v) is 14.9. The van der Waals surface area contributed by atoms with Crippen molar-refractivity contribution in [1.29, 1.82) is 0 Å². The van der Waals surface area contributed by atoms with Crippen molar-refractivity contribution in [1.82, 2.24) is 0 Å². The van der Waals surface area contributed by atoms with Crippen LogP contribution in [0.4, 0.5) is 0 Å². The van der Waals surface area contributed by atoms with Gasteiger partial charge in [-0.15, -0.1) is 0 Å². The average molecular weight is 611 g/mol. The van der Waals surface area contributed by atoms with Crippen molar-refractivity contribution in [3.63, 3.8) is 0 Å². The van der Waals surface area contributed by atoms with E-state index in [2.05, 4.69) is 154 Å². The third-order valence-electron chi connectivity index (χ3n) is 11.9. The topological polar surface area (TPSA) is 0 Å². The lowest BCUT2D eigenvalue weighted by atomic mass is 9.80. The summed E-state index contributed by atoms with van der Waals surface area (Å²) in [6.45, 7) is 7.15. The molecular weight excluding hydrogens is 577 g/mol. The SMILES string of the molecule is CC1C=CC2=C(C1)c1ccc(-c3ccc4c(c3)C(C)(C)c3cc(-c5ccc6c7c(cccc57)-c5ccccc5-6)ccc3-4)c3cccc2c13. The molecule has 1 atom stereocenters. The van der Waals surface area contributed by atoms with E-state index in [4.69, 9.17) is 0 Å². The molecule has 0 amide bonds. The van der Waals surface area contributed by atoms with Crippen LogP contribution < -0.4 is 0 Å². The highest BCUT2D eigenvalue weighted by atomic mass is 14.4. The van der Waals surface area contributed by atoms with Gasteiger partial charge in [0, 0.05) is 5.41 Å². The Bertz CT molecular complexity index is 2640. The van der Waals surface area contributed by atoms with Crippen LogP contribution in [-0.2, 0) is 5.41 Å². The van der Waals surface area contributed by atoms with Crippen molar-refractivity contribution in [2.45, 2.75) is 32.6 Å². The van der Waals surface area contributed by atoms with Gasteiger partial charge in [-0.1, -0.05) is 142 Å². The monoisotopic (exact) mass is 610 g/mol. The number of allylic oxidation sites excluding steroid dienone is 4. The molecule has 0 spiro atoms. The average Bonchev–Trinajstić information content (AvgIpc) is 3.70. The number of hydrogen-bond donors (Lipinski definition) is 0. The fourth-order valence-corrected chi connectivity index (χ4v) is 9.64. The summed E-state index contributed by atoms with van der Waals surface area (Å²) in [5.74, 6) is 0.586. The highest BCUT2D eigenvalue weighted by Crippen LogP contribution is 2.54. The third-order valence-corrected chi connectivity index (χ3v) is 11.9. The summed E-state index contributed by atoms with van der Waals surface area (Å²) in [7, 11) is 0. The van der Waals surface area contributed by atoms with Gasteiger partial charge in [0.1, 0.15) is 0 Å². The molecule has 0 aliphatic heterocycles. The maximum absolute atomic E-state index is 2.49. The molecule has 7 aromatic rings. The summed E-state index contributed by atoms with van der Waals surface area (Å²) < 4.78 is 0. The summed E-state index contributed by atoms with van der Waals surface area (Å²) in [6, 6.07) is 46.4. The first kappa shape index (κ1) is 26.6. The van der Waals surface area contributed by atoms with Crippen LogP contribution in [0, 0.1) is 5.92 Å². The molecule has 0 saturated carbocycles. The summed E-state index contributed by atoms with van der Waals surface area (Å²) >= 11 is 0. The lowest BCUT2D eigenvalue weighted by Gasteiger charge is -2.23. The molecule has 11 rings (SSSR count). The summed E-state index contributed by atoms with van der Waals surface area (Å²) in [4.78, 5) is 0. The fourth-order valence-electron chi connectivity index (χ4n) is 9.64. The van der Waals surface area contributed by atoms with E-state index >= 15 is 0 Å². The van der Waals surface area contributed by atoms with Crippen LogP contribution in [0.2, 0.25) is 0 Å². The molecule has 0 nitrogen and oxygen atoms in total. The van der Waals surface area contributed by atoms with Crippen molar-refractivity contribution in [3.05, 3.63) is 156 Å². The fraction of sp³-hybridized carbons (Fsp3) is 0.125. The second-order valence-electron chi connectivity index (χ2n) is 14.9. The van der Waals surface area contributed by atoms with Gasteiger partial charge in [0.25, 0.3) is 0 Å². The molecule has 226 valence electrons.